The van der Waals surface area contributed by atoms with Crippen molar-refractivity contribution >= 4 is 5.91 Å². The molecule has 0 spiro atoms. The Labute approximate surface area is 138 Å². The molecular formula is C19H25N3O. The molecule has 1 atom stereocenters. The van der Waals surface area contributed by atoms with Crippen LogP contribution in [0.3, 0.4) is 0 Å². The molecule has 4 nitrogen and oxygen atoms in total. The number of hydrogen-bond donors (Lipinski definition) is 0. The minimum Gasteiger partial charge on any atom is -0.338 e. The van der Waals surface area contributed by atoms with Gasteiger partial charge in [-0.2, -0.15) is 5.10 Å². The summed E-state index contributed by atoms with van der Waals surface area (Å²) in [6.07, 6.45) is 4.84. The summed E-state index contributed by atoms with van der Waals surface area (Å²) in [7, 11) is 0. The molecule has 0 saturated carbocycles. The first-order chi connectivity index (χ1) is 11.1. The van der Waals surface area contributed by atoms with Crippen molar-refractivity contribution in [3.63, 3.8) is 0 Å². The van der Waals surface area contributed by atoms with Gasteiger partial charge in [0.15, 0.2) is 0 Å². The van der Waals surface area contributed by atoms with Gasteiger partial charge in [-0.15, -0.1) is 0 Å². The van der Waals surface area contributed by atoms with Crippen molar-refractivity contribution in [1.29, 1.82) is 0 Å². The molecular weight excluding hydrogens is 286 g/mol. The molecule has 1 amide bonds. The highest BCUT2D eigenvalue weighted by molar-refractivity contribution is 5.95. The third kappa shape index (κ3) is 3.16. The van der Waals surface area contributed by atoms with Crippen LogP contribution in [-0.2, 0) is 6.42 Å². The van der Waals surface area contributed by atoms with Gasteiger partial charge in [0.2, 0.25) is 0 Å². The smallest absolute Gasteiger partial charge is 0.257 e. The van der Waals surface area contributed by atoms with E-state index in [9.17, 15) is 4.79 Å². The van der Waals surface area contributed by atoms with Crippen LogP contribution in [0.5, 0.6) is 0 Å². The normalized spacial score (nSPS) is 18.2. The SMILES string of the molecule is CCc1c(C(=O)N2CCC[C@@H](C)C2)cnn1-c1ccc(C)cc1. The van der Waals surface area contributed by atoms with Gasteiger partial charge in [-0.3, -0.25) is 4.79 Å². The molecule has 1 aliphatic rings. The van der Waals surface area contributed by atoms with Gasteiger partial charge in [0.05, 0.1) is 23.1 Å². The van der Waals surface area contributed by atoms with Gasteiger partial charge in [-0.05, 0) is 44.2 Å². The molecule has 3 rings (SSSR count). The van der Waals surface area contributed by atoms with Gasteiger partial charge in [-0.1, -0.05) is 31.5 Å². The van der Waals surface area contributed by atoms with E-state index in [2.05, 4.69) is 50.1 Å². The highest BCUT2D eigenvalue weighted by Gasteiger charge is 2.25. The molecule has 0 unspecified atom stereocenters. The van der Waals surface area contributed by atoms with Crippen molar-refractivity contribution < 1.29 is 4.79 Å². The molecule has 1 aromatic heterocycles. The third-order valence-electron chi connectivity index (χ3n) is 4.66. The topological polar surface area (TPSA) is 38.1 Å². The number of hydrogen-bond acceptors (Lipinski definition) is 2. The maximum Gasteiger partial charge on any atom is 0.257 e. The van der Waals surface area contributed by atoms with Gasteiger partial charge in [0, 0.05) is 13.1 Å². The average molecular weight is 311 g/mol. The zero-order valence-corrected chi connectivity index (χ0v) is 14.2. The van der Waals surface area contributed by atoms with Crippen LogP contribution in [0.1, 0.15) is 48.3 Å². The van der Waals surface area contributed by atoms with Crippen LogP contribution in [0.4, 0.5) is 0 Å². The quantitative estimate of drug-likeness (QED) is 0.868. The fraction of sp³-hybridized carbons (Fsp3) is 0.474. The predicted molar refractivity (Wildman–Crippen MR) is 92.0 cm³/mol. The molecule has 2 heterocycles. The zero-order chi connectivity index (χ0) is 16.4. The lowest BCUT2D eigenvalue weighted by Crippen LogP contribution is -2.39. The van der Waals surface area contributed by atoms with E-state index in [1.165, 1.54) is 12.0 Å². The van der Waals surface area contributed by atoms with Crippen LogP contribution in [-0.4, -0.2) is 33.7 Å². The molecule has 1 aromatic carbocycles. The fourth-order valence-electron chi connectivity index (χ4n) is 3.35. The van der Waals surface area contributed by atoms with Crippen molar-refractivity contribution in [1.82, 2.24) is 14.7 Å². The first-order valence-corrected chi connectivity index (χ1v) is 8.53. The summed E-state index contributed by atoms with van der Waals surface area (Å²) in [6, 6.07) is 8.26. The highest BCUT2D eigenvalue weighted by atomic mass is 16.2. The molecule has 122 valence electrons. The lowest BCUT2D eigenvalue weighted by Gasteiger charge is -2.30. The lowest BCUT2D eigenvalue weighted by molar-refractivity contribution is 0.0682. The first kappa shape index (κ1) is 15.8. The van der Waals surface area contributed by atoms with Gasteiger partial charge in [0.25, 0.3) is 5.91 Å². The number of carbonyl (C=O) groups is 1. The number of carbonyl (C=O) groups excluding carboxylic acids is 1. The molecule has 1 saturated heterocycles. The summed E-state index contributed by atoms with van der Waals surface area (Å²) < 4.78 is 1.90. The van der Waals surface area contributed by atoms with Crippen molar-refractivity contribution in [2.45, 2.75) is 40.0 Å². The minimum atomic E-state index is 0.131. The van der Waals surface area contributed by atoms with E-state index >= 15 is 0 Å². The highest BCUT2D eigenvalue weighted by Crippen LogP contribution is 2.21. The monoisotopic (exact) mass is 311 g/mol. The number of piperidine rings is 1. The molecule has 0 N–H and O–H groups in total. The van der Waals surface area contributed by atoms with Crippen LogP contribution in [0.15, 0.2) is 30.5 Å². The Kier molecular flexibility index (Phi) is 4.51. The number of benzene rings is 1. The summed E-state index contributed by atoms with van der Waals surface area (Å²) in [5, 5.41) is 4.49. The Hall–Kier alpha value is -2.10. The minimum absolute atomic E-state index is 0.131. The molecule has 1 aliphatic heterocycles. The molecule has 0 bridgehead atoms. The number of aromatic nitrogens is 2. The van der Waals surface area contributed by atoms with E-state index in [1.807, 2.05) is 9.58 Å². The molecule has 4 heteroatoms. The van der Waals surface area contributed by atoms with Gasteiger partial charge in [-0.25, -0.2) is 4.68 Å². The van der Waals surface area contributed by atoms with E-state index in [0.29, 0.717) is 5.92 Å². The van der Waals surface area contributed by atoms with Crippen LogP contribution in [0, 0.1) is 12.8 Å². The van der Waals surface area contributed by atoms with Gasteiger partial charge >= 0.3 is 0 Å². The second kappa shape index (κ2) is 6.57. The number of amides is 1. The Balaban J connectivity index is 1.91. The zero-order valence-electron chi connectivity index (χ0n) is 14.2. The summed E-state index contributed by atoms with van der Waals surface area (Å²) in [6.45, 7) is 8.09. The Morgan fingerprint density at radius 3 is 2.70 bits per heavy atom. The Morgan fingerprint density at radius 1 is 1.30 bits per heavy atom. The van der Waals surface area contributed by atoms with Crippen molar-refractivity contribution in [3.8, 4) is 5.69 Å². The van der Waals surface area contributed by atoms with Gasteiger partial charge < -0.3 is 4.90 Å². The van der Waals surface area contributed by atoms with Crippen LogP contribution >= 0.6 is 0 Å². The van der Waals surface area contributed by atoms with E-state index < -0.39 is 0 Å². The number of nitrogens with zero attached hydrogens (tertiary/aromatic N) is 3. The van der Waals surface area contributed by atoms with E-state index in [-0.39, 0.29) is 5.91 Å². The Morgan fingerprint density at radius 2 is 2.04 bits per heavy atom. The van der Waals surface area contributed by atoms with E-state index in [1.54, 1.807) is 6.20 Å². The first-order valence-electron chi connectivity index (χ1n) is 8.53. The number of aryl methyl sites for hydroxylation is 1. The Bertz CT molecular complexity index is 687. The molecule has 1 fully saturated rings. The number of rotatable bonds is 3. The van der Waals surface area contributed by atoms with E-state index in [4.69, 9.17) is 0 Å². The fourth-order valence-corrected chi connectivity index (χ4v) is 3.35. The second-order valence-electron chi connectivity index (χ2n) is 6.60. The summed E-state index contributed by atoms with van der Waals surface area (Å²) in [5.41, 5.74) is 3.98. The summed E-state index contributed by atoms with van der Waals surface area (Å²) >= 11 is 0. The maximum absolute atomic E-state index is 12.9. The van der Waals surface area contributed by atoms with Crippen LogP contribution in [0.25, 0.3) is 5.69 Å². The molecule has 2 aromatic rings. The number of likely N-dealkylation sites (tertiary alicyclic amines) is 1. The molecule has 23 heavy (non-hydrogen) atoms. The molecule has 0 aliphatic carbocycles. The van der Waals surface area contributed by atoms with Crippen molar-refractivity contribution in [3.05, 3.63) is 47.3 Å². The lowest BCUT2D eigenvalue weighted by atomic mass is 9.99. The second-order valence-corrected chi connectivity index (χ2v) is 6.60. The van der Waals surface area contributed by atoms with E-state index in [0.717, 1.165) is 42.9 Å². The third-order valence-corrected chi connectivity index (χ3v) is 4.66. The van der Waals surface area contributed by atoms with Crippen LogP contribution in [0.2, 0.25) is 0 Å². The largest absolute Gasteiger partial charge is 0.338 e. The van der Waals surface area contributed by atoms with Crippen molar-refractivity contribution in [2.75, 3.05) is 13.1 Å². The predicted octanol–water partition coefficient (Wildman–Crippen LogP) is 3.62. The van der Waals surface area contributed by atoms with Gasteiger partial charge in [0.1, 0.15) is 0 Å². The molecule has 0 radical (unpaired) electrons. The van der Waals surface area contributed by atoms with Crippen molar-refractivity contribution in [2.24, 2.45) is 5.92 Å². The maximum atomic E-state index is 12.9. The van der Waals surface area contributed by atoms with Crippen LogP contribution < -0.4 is 0 Å². The summed E-state index contributed by atoms with van der Waals surface area (Å²) in [5.74, 6) is 0.719. The standard InChI is InChI=1S/C19H25N3O/c1-4-18-17(19(23)21-11-5-6-15(3)13-21)12-20-22(18)16-9-7-14(2)8-10-16/h7-10,12,15H,4-6,11,13H2,1-3H3/t15-/m1/s1. The summed E-state index contributed by atoms with van der Waals surface area (Å²) in [4.78, 5) is 14.9. The average Bonchev–Trinajstić information content (AvgIpc) is 2.98.